The molecule has 0 saturated heterocycles. The van der Waals surface area contributed by atoms with E-state index in [1.54, 1.807) is 0 Å². The molecule has 1 aliphatic heterocycles. The van der Waals surface area contributed by atoms with Crippen molar-refractivity contribution in [1.82, 2.24) is 9.13 Å². The first kappa shape index (κ1) is 30.4. The third-order valence-corrected chi connectivity index (χ3v) is 9.67. The molecule has 1 aliphatic rings. The molecule has 2 aromatic heterocycles. The fourth-order valence-corrected chi connectivity index (χ4v) is 7.37. The van der Waals surface area contributed by atoms with Gasteiger partial charge in [-0.15, -0.1) is 0 Å². The molecule has 6 aromatic carbocycles. The van der Waals surface area contributed by atoms with Crippen LogP contribution in [0.15, 0.2) is 172 Å². The summed E-state index contributed by atoms with van der Waals surface area (Å²) in [5.41, 5.74) is 11.2. The van der Waals surface area contributed by atoms with Gasteiger partial charge in [-0.3, -0.25) is 9.56 Å². The molecule has 6 nitrogen and oxygen atoms in total. The molecular formula is C45H34N6. The summed E-state index contributed by atoms with van der Waals surface area (Å²) in [6.07, 6.45) is 2.95. The van der Waals surface area contributed by atoms with Gasteiger partial charge in [0.25, 0.3) is 0 Å². The number of hydrogen-bond donors (Lipinski definition) is 0. The van der Waals surface area contributed by atoms with Crippen LogP contribution < -0.4 is 0 Å². The lowest BCUT2D eigenvalue weighted by Gasteiger charge is -2.11. The molecule has 51 heavy (non-hydrogen) atoms. The smallest absolute Gasteiger partial charge is 0.232 e. The fraction of sp³-hybridized carbons (Fsp3) is 0.0667. The molecule has 0 radical (unpaired) electrons. The van der Waals surface area contributed by atoms with Gasteiger partial charge in [-0.2, -0.15) is 4.99 Å². The van der Waals surface area contributed by atoms with E-state index in [2.05, 4.69) is 129 Å². The summed E-state index contributed by atoms with van der Waals surface area (Å²) in [7, 11) is 0. The Hall–Kier alpha value is -6.66. The van der Waals surface area contributed by atoms with E-state index < -0.39 is 0 Å². The number of nitrogens with zero attached hydrogens (tertiary/aromatic N) is 6. The topological polar surface area (TPSA) is 59.3 Å². The van der Waals surface area contributed by atoms with Gasteiger partial charge in [0.1, 0.15) is 0 Å². The van der Waals surface area contributed by atoms with Crippen LogP contribution in [0.4, 0.5) is 0 Å². The van der Waals surface area contributed by atoms with E-state index >= 15 is 0 Å². The SMILES string of the molecule is C=N/C(=N\C(=NCc1ccccc1)n1c2ccccc2c2c(-c3ccc4c(c3)c3c(n4-c4ccccc4)C=NCC3)cccc21)c1ccccc1. The third kappa shape index (κ3) is 5.38. The average Bonchev–Trinajstić information content (AvgIpc) is 3.72. The van der Waals surface area contributed by atoms with Gasteiger partial charge in [-0.25, -0.2) is 9.98 Å². The predicted octanol–water partition coefficient (Wildman–Crippen LogP) is 9.93. The van der Waals surface area contributed by atoms with Crippen LogP contribution in [0.1, 0.15) is 22.4 Å². The maximum Gasteiger partial charge on any atom is 0.232 e. The fourth-order valence-electron chi connectivity index (χ4n) is 7.37. The highest BCUT2D eigenvalue weighted by atomic mass is 15.2. The molecule has 8 aromatic rings. The lowest BCUT2D eigenvalue weighted by atomic mass is 9.97. The molecule has 0 aliphatic carbocycles. The summed E-state index contributed by atoms with van der Waals surface area (Å²) in [6, 6.07) is 52.7. The second-order valence-corrected chi connectivity index (χ2v) is 12.7. The van der Waals surface area contributed by atoms with Crippen molar-refractivity contribution >= 4 is 57.4 Å². The normalized spacial score (nSPS) is 13.3. The maximum atomic E-state index is 5.16. The van der Waals surface area contributed by atoms with Crippen LogP contribution in [-0.2, 0) is 13.0 Å². The number of rotatable bonds is 5. The van der Waals surface area contributed by atoms with Crippen LogP contribution in [0.5, 0.6) is 0 Å². The van der Waals surface area contributed by atoms with Gasteiger partial charge >= 0.3 is 0 Å². The zero-order valence-electron chi connectivity index (χ0n) is 28.0. The molecule has 0 amide bonds. The highest BCUT2D eigenvalue weighted by Crippen LogP contribution is 2.40. The van der Waals surface area contributed by atoms with Crippen LogP contribution in [0.2, 0.25) is 0 Å². The van der Waals surface area contributed by atoms with Gasteiger partial charge in [0.2, 0.25) is 5.96 Å². The molecule has 0 spiro atoms. The van der Waals surface area contributed by atoms with Gasteiger partial charge in [-0.1, -0.05) is 115 Å². The Bertz CT molecular complexity index is 2660. The van der Waals surface area contributed by atoms with E-state index in [9.17, 15) is 0 Å². The number of aliphatic imine (C=N–C) groups is 4. The van der Waals surface area contributed by atoms with Crippen molar-refractivity contribution < 1.29 is 0 Å². The van der Waals surface area contributed by atoms with Crippen molar-refractivity contribution in [3.8, 4) is 16.8 Å². The van der Waals surface area contributed by atoms with Crippen molar-refractivity contribution in [2.75, 3.05) is 6.54 Å². The monoisotopic (exact) mass is 658 g/mol. The molecular weight excluding hydrogens is 625 g/mol. The van der Waals surface area contributed by atoms with Crippen molar-refractivity contribution in [1.29, 1.82) is 0 Å². The quantitative estimate of drug-likeness (QED) is 0.131. The molecule has 9 rings (SSSR count). The summed E-state index contributed by atoms with van der Waals surface area (Å²) in [6.45, 7) is 5.15. The summed E-state index contributed by atoms with van der Waals surface area (Å²) in [5.74, 6) is 1.07. The lowest BCUT2D eigenvalue weighted by molar-refractivity contribution is 0.940. The molecule has 0 N–H and O–H groups in total. The van der Waals surface area contributed by atoms with Gasteiger partial charge in [0.15, 0.2) is 5.84 Å². The molecule has 0 bridgehead atoms. The zero-order chi connectivity index (χ0) is 34.1. The Labute approximate surface area is 296 Å². The lowest BCUT2D eigenvalue weighted by Crippen LogP contribution is -2.13. The Morgan fingerprint density at radius 3 is 2.22 bits per heavy atom. The number of aromatic nitrogens is 2. The van der Waals surface area contributed by atoms with Crippen molar-refractivity contribution in [2.24, 2.45) is 20.0 Å². The van der Waals surface area contributed by atoms with Gasteiger partial charge < -0.3 is 4.57 Å². The Morgan fingerprint density at radius 2 is 1.41 bits per heavy atom. The van der Waals surface area contributed by atoms with Gasteiger partial charge in [0, 0.05) is 40.2 Å². The van der Waals surface area contributed by atoms with Crippen LogP contribution >= 0.6 is 0 Å². The van der Waals surface area contributed by atoms with E-state index in [-0.39, 0.29) is 0 Å². The molecule has 6 heteroatoms. The number of amidine groups is 1. The maximum absolute atomic E-state index is 5.16. The summed E-state index contributed by atoms with van der Waals surface area (Å²) in [4.78, 5) is 19.3. The number of benzene rings is 6. The minimum absolute atomic E-state index is 0.468. The second-order valence-electron chi connectivity index (χ2n) is 12.7. The number of para-hydroxylation sites is 2. The van der Waals surface area contributed by atoms with Crippen molar-refractivity contribution in [2.45, 2.75) is 13.0 Å². The van der Waals surface area contributed by atoms with Crippen LogP contribution in [-0.4, -0.2) is 40.4 Å². The Kier molecular flexibility index (Phi) is 7.74. The van der Waals surface area contributed by atoms with E-state index in [4.69, 9.17) is 9.98 Å². The van der Waals surface area contributed by atoms with Gasteiger partial charge in [-0.05, 0) is 71.8 Å². The summed E-state index contributed by atoms with van der Waals surface area (Å²) in [5, 5.41) is 3.55. The zero-order valence-corrected chi connectivity index (χ0v) is 28.0. The van der Waals surface area contributed by atoms with Crippen molar-refractivity contribution in [3.63, 3.8) is 0 Å². The minimum atomic E-state index is 0.468. The summed E-state index contributed by atoms with van der Waals surface area (Å²) < 4.78 is 4.52. The first-order valence-electron chi connectivity index (χ1n) is 17.2. The van der Waals surface area contributed by atoms with E-state index in [0.717, 1.165) is 68.4 Å². The first-order chi connectivity index (χ1) is 25.3. The Balaban J connectivity index is 1.27. The van der Waals surface area contributed by atoms with Gasteiger partial charge in [0.05, 0.1) is 28.8 Å². The van der Waals surface area contributed by atoms with E-state index in [1.165, 1.54) is 16.5 Å². The van der Waals surface area contributed by atoms with E-state index in [0.29, 0.717) is 18.3 Å². The predicted molar refractivity (Wildman–Crippen MR) is 213 cm³/mol. The van der Waals surface area contributed by atoms with Crippen LogP contribution in [0.25, 0.3) is 49.5 Å². The number of hydrogen-bond acceptors (Lipinski definition) is 2. The van der Waals surface area contributed by atoms with Crippen LogP contribution in [0.3, 0.4) is 0 Å². The highest BCUT2D eigenvalue weighted by molar-refractivity contribution is 6.20. The molecule has 0 fully saturated rings. The minimum Gasteiger partial charge on any atom is -0.308 e. The highest BCUT2D eigenvalue weighted by Gasteiger charge is 2.22. The summed E-state index contributed by atoms with van der Waals surface area (Å²) >= 11 is 0. The largest absolute Gasteiger partial charge is 0.308 e. The molecule has 0 saturated carbocycles. The average molecular weight is 659 g/mol. The standard InChI is InChI=1S/C45H34N6/c1-46-44(32-16-7-3-8-17-32)49-45(48-29-31-14-5-2-6-15-31)51-39-22-12-11-20-37(39)43-35(21-13-23-41(43)51)33-24-25-40-38(28-33)36-26-27-47-30-42(36)50(40)34-18-9-4-10-19-34/h2-25,28,30H,1,26-27,29H2/b48-45?,49-44-. The Morgan fingerprint density at radius 1 is 0.686 bits per heavy atom. The first-order valence-corrected chi connectivity index (χ1v) is 17.2. The molecule has 0 unspecified atom stereocenters. The van der Waals surface area contributed by atoms with Crippen molar-refractivity contribution in [3.05, 3.63) is 174 Å². The van der Waals surface area contributed by atoms with E-state index in [1.807, 2.05) is 54.7 Å². The molecule has 0 atom stereocenters. The number of fused-ring (bicyclic) bond motifs is 6. The second kappa shape index (κ2) is 13.0. The third-order valence-electron chi connectivity index (χ3n) is 9.67. The molecule has 244 valence electrons. The molecule has 3 heterocycles. The van der Waals surface area contributed by atoms with Crippen LogP contribution in [0, 0.1) is 0 Å².